The first-order valence-corrected chi connectivity index (χ1v) is 9.69. The zero-order valence-corrected chi connectivity index (χ0v) is 17.6. The van der Waals surface area contributed by atoms with Gasteiger partial charge < -0.3 is 15.7 Å². The topological polar surface area (TPSA) is 90.4 Å². The first-order chi connectivity index (χ1) is 15.1. The maximum absolute atomic E-state index is 14.1. The van der Waals surface area contributed by atoms with Gasteiger partial charge in [0.15, 0.2) is 11.6 Å². The van der Waals surface area contributed by atoms with Crippen LogP contribution in [0.25, 0.3) is 0 Å². The van der Waals surface area contributed by atoms with Gasteiger partial charge in [-0.25, -0.2) is 27.8 Å². The van der Waals surface area contributed by atoms with Gasteiger partial charge in [-0.3, -0.25) is 0 Å². The Morgan fingerprint density at radius 1 is 1.06 bits per heavy atom. The van der Waals surface area contributed by atoms with Crippen LogP contribution in [-0.4, -0.2) is 32.7 Å². The van der Waals surface area contributed by atoms with E-state index in [9.17, 15) is 23.1 Å². The number of amides is 2. The zero-order valence-electron chi connectivity index (χ0n) is 17.6. The Bertz CT molecular complexity index is 1110. The standard InChI is InChI=1S/C22H22F3N5O2/c1-13(22(2,3)32)27-20-26-12-11-17(28-20)30(14-7-5-4-6-8-14)21(31)29-19-16(24)10-9-15(23)18(19)25/h4-13,32H,1-3H3,(H,29,31)(H,26,27,28)/t13-/m0/s1. The van der Waals surface area contributed by atoms with E-state index in [2.05, 4.69) is 20.6 Å². The van der Waals surface area contributed by atoms with E-state index >= 15 is 0 Å². The van der Waals surface area contributed by atoms with E-state index in [0.29, 0.717) is 17.8 Å². The molecule has 0 radical (unpaired) electrons. The Labute approximate surface area is 182 Å². The van der Waals surface area contributed by atoms with Crippen LogP contribution in [0.3, 0.4) is 0 Å². The number of benzene rings is 2. The number of halogens is 3. The summed E-state index contributed by atoms with van der Waals surface area (Å²) >= 11 is 0. The van der Waals surface area contributed by atoms with E-state index in [1.165, 1.54) is 12.3 Å². The van der Waals surface area contributed by atoms with E-state index < -0.39 is 40.8 Å². The maximum Gasteiger partial charge on any atom is 0.332 e. The van der Waals surface area contributed by atoms with Crippen LogP contribution in [-0.2, 0) is 0 Å². The predicted molar refractivity (Wildman–Crippen MR) is 115 cm³/mol. The average molecular weight is 445 g/mol. The van der Waals surface area contributed by atoms with Crippen molar-refractivity contribution in [3.63, 3.8) is 0 Å². The van der Waals surface area contributed by atoms with Crippen LogP contribution in [0.1, 0.15) is 20.8 Å². The third-order valence-electron chi connectivity index (χ3n) is 4.77. The van der Waals surface area contributed by atoms with Gasteiger partial charge in [0, 0.05) is 12.3 Å². The first-order valence-electron chi connectivity index (χ1n) is 9.69. The van der Waals surface area contributed by atoms with E-state index in [1.807, 2.05) is 0 Å². The monoisotopic (exact) mass is 445 g/mol. The summed E-state index contributed by atoms with van der Waals surface area (Å²) in [6.07, 6.45) is 1.38. The number of carbonyl (C=O) groups excluding carboxylic acids is 1. The Morgan fingerprint density at radius 3 is 2.38 bits per heavy atom. The molecular weight excluding hydrogens is 423 g/mol. The van der Waals surface area contributed by atoms with Crippen LogP contribution < -0.4 is 15.5 Å². The Balaban J connectivity index is 1.99. The van der Waals surface area contributed by atoms with Gasteiger partial charge in [-0.05, 0) is 45.0 Å². The number of aliphatic hydroxyl groups is 1. The van der Waals surface area contributed by atoms with Crippen molar-refractivity contribution in [3.8, 4) is 0 Å². The fourth-order valence-corrected chi connectivity index (χ4v) is 2.65. The summed E-state index contributed by atoms with van der Waals surface area (Å²) in [6, 6.07) is 9.58. The number of para-hydroxylation sites is 1. The molecule has 32 heavy (non-hydrogen) atoms. The molecule has 0 fully saturated rings. The molecule has 7 nitrogen and oxygen atoms in total. The highest BCUT2D eigenvalue weighted by atomic mass is 19.2. The molecule has 0 aliphatic carbocycles. The summed E-state index contributed by atoms with van der Waals surface area (Å²) in [5.74, 6) is -3.76. The molecule has 168 valence electrons. The number of carbonyl (C=O) groups is 1. The molecular formula is C22H22F3N5O2. The summed E-state index contributed by atoms with van der Waals surface area (Å²) in [5.41, 5.74) is -1.66. The molecule has 0 unspecified atom stereocenters. The Morgan fingerprint density at radius 2 is 1.72 bits per heavy atom. The molecule has 1 aromatic heterocycles. The molecule has 3 aromatic rings. The molecule has 0 saturated heterocycles. The molecule has 1 atom stereocenters. The summed E-state index contributed by atoms with van der Waals surface area (Å²) in [7, 11) is 0. The van der Waals surface area contributed by atoms with E-state index in [4.69, 9.17) is 0 Å². The number of hydrogen-bond acceptors (Lipinski definition) is 5. The number of aromatic nitrogens is 2. The molecule has 3 N–H and O–H groups in total. The molecule has 0 spiro atoms. The summed E-state index contributed by atoms with van der Waals surface area (Å²) in [5, 5.41) is 15.2. The van der Waals surface area contributed by atoms with Crippen LogP contribution in [0, 0.1) is 17.5 Å². The number of nitrogens with one attached hydrogen (secondary N) is 2. The highest BCUT2D eigenvalue weighted by molar-refractivity contribution is 6.06. The molecule has 0 aliphatic heterocycles. The number of anilines is 4. The lowest BCUT2D eigenvalue weighted by Crippen LogP contribution is -2.40. The van der Waals surface area contributed by atoms with E-state index in [-0.39, 0.29) is 11.8 Å². The Kier molecular flexibility index (Phi) is 6.64. The number of hydrogen-bond donors (Lipinski definition) is 3. The summed E-state index contributed by atoms with van der Waals surface area (Å²) in [6.45, 7) is 4.95. The lowest BCUT2D eigenvalue weighted by molar-refractivity contribution is 0.0646. The van der Waals surface area contributed by atoms with Crippen molar-refractivity contribution in [1.29, 1.82) is 0 Å². The summed E-state index contributed by atoms with van der Waals surface area (Å²) in [4.78, 5) is 22.5. The van der Waals surface area contributed by atoms with Crippen LogP contribution in [0.5, 0.6) is 0 Å². The fourth-order valence-electron chi connectivity index (χ4n) is 2.65. The smallest absolute Gasteiger partial charge is 0.332 e. The first kappa shape index (κ1) is 23.0. The second-order valence-electron chi connectivity index (χ2n) is 7.58. The van der Waals surface area contributed by atoms with Crippen LogP contribution >= 0.6 is 0 Å². The van der Waals surface area contributed by atoms with Gasteiger partial charge in [-0.2, -0.15) is 4.98 Å². The number of nitrogens with zero attached hydrogens (tertiary/aromatic N) is 3. The average Bonchev–Trinajstić information content (AvgIpc) is 2.74. The SMILES string of the molecule is C[C@H](Nc1nccc(N(C(=O)Nc2c(F)ccc(F)c2F)c2ccccc2)n1)C(C)(C)O. The molecule has 0 saturated carbocycles. The van der Waals surface area contributed by atoms with Gasteiger partial charge in [0.05, 0.1) is 17.3 Å². The fraction of sp³-hybridized carbons (Fsp3) is 0.227. The molecule has 10 heteroatoms. The second kappa shape index (κ2) is 9.23. The van der Waals surface area contributed by atoms with Crippen molar-refractivity contribution in [3.05, 3.63) is 72.2 Å². The van der Waals surface area contributed by atoms with Crippen LogP contribution in [0.2, 0.25) is 0 Å². The van der Waals surface area contributed by atoms with Crippen LogP contribution in [0.15, 0.2) is 54.7 Å². The maximum atomic E-state index is 14.1. The van der Waals surface area contributed by atoms with Crippen molar-refractivity contribution in [2.45, 2.75) is 32.4 Å². The lowest BCUT2D eigenvalue weighted by atomic mass is 10.0. The third-order valence-corrected chi connectivity index (χ3v) is 4.77. The van der Waals surface area contributed by atoms with Gasteiger partial charge in [-0.1, -0.05) is 18.2 Å². The summed E-state index contributed by atoms with van der Waals surface area (Å²) < 4.78 is 41.8. The van der Waals surface area contributed by atoms with Crippen LogP contribution in [0.4, 0.5) is 41.1 Å². The molecule has 2 aromatic carbocycles. The highest BCUT2D eigenvalue weighted by Gasteiger charge is 2.26. The molecule has 2 amide bonds. The molecule has 0 aliphatic rings. The van der Waals surface area contributed by atoms with Gasteiger partial charge >= 0.3 is 6.03 Å². The van der Waals surface area contributed by atoms with E-state index in [1.54, 1.807) is 51.1 Å². The van der Waals surface area contributed by atoms with Gasteiger partial charge in [0.1, 0.15) is 17.3 Å². The predicted octanol–water partition coefficient (Wildman–Crippen LogP) is 4.84. The van der Waals surface area contributed by atoms with Crippen molar-refractivity contribution in [1.82, 2.24) is 9.97 Å². The zero-order chi connectivity index (χ0) is 23.5. The second-order valence-corrected chi connectivity index (χ2v) is 7.58. The van der Waals surface area contributed by atoms with Crippen molar-refractivity contribution >= 4 is 29.2 Å². The third kappa shape index (κ3) is 5.14. The molecule has 3 rings (SSSR count). The number of urea groups is 1. The van der Waals surface area contributed by atoms with Crippen molar-refractivity contribution < 1.29 is 23.1 Å². The molecule has 0 bridgehead atoms. The van der Waals surface area contributed by atoms with Gasteiger partial charge in [0.25, 0.3) is 0 Å². The Hall–Kier alpha value is -3.66. The van der Waals surface area contributed by atoms with Gasteiger partial charge in [-0.15, -0.1) is 0 Å². The largest absolute Gasteiger partial charge is 0.388 e. The highest BCUT2D eigenvalue weighted by Crippen LogP contribution is 2.27. The lowest BCUT2D eigenvalue weighted by Gasteiger charge is -2.27. The van der Waals surface area contributed by atoms with Crippen molar-refractivity contribution in [2.24, 2.45) is 0 Å². The van der Waals surface area contributed by atoms with Gasteiger partial charge in [0.2, 0.25) is 5.95 Å². The minimum atomic E-state index is -1.52. The minimum absolute atomic E-state index is 0.0753. The van der Waals surface area contributed by atoms with Crippen molar-refractivity contribution in [2.75, 3.05) is 15.5 Å². The quantitative estimate of drug-likeness (QED) is 0.473. The van der Waals surface area contributed by atoms with E-state index in [0.717, 1.165) is 4.90 Å². The number of rotatable bonds is 6. The minimum Gasteiger partial charge on any atom is -0.388 e. The molecule has 1 heterocycles. The normalized spacial score (nSPS) is 12.2.